The lowest BCUT2D eigenvalue weighted by Gasteiger charge is -2.34. The average Bonchev–Trinajstić information content (AvgIpc) is 2.61. The third kappa shape index (κ3) is 4.23. The number of hydrogen-bond acceptors (Lipinski definition) is 5. The lowest BCUT2D eigenvalue weighted by Crippen LogP contribution is -2.46. The maximum absolute atomic E-state index is 4.73. The van der Waals surface area contributed by atoms with Crippen LogP contribution >= 0.6 is 0 Å². The minimum atomic E-state index is 0.778. The summed E-state index contributed by atoms with van der Waals surface area (Å²) in [4.78, 5) is 14.1. The van der Waals surface area contributed by atoms with Gasteiger partial charge in [0.15, 0.2) is 0 Å². The van der Waals surface area contributed by atoms with Crippen LogP contribution in [0.25, 0.3) is 0 Å². The maximum Gasteiger partial charge on any atom is 0.227 e. The number of likely N-dealkylation sites (N-methyl/N-ethyl adjacent to an activating group) is 1. The molecule has 1 aromatic heterocycles. The van der Waals surface area contributed by atoms with Gasteiger partial charge in [-0.2, -0.15) is 4.98 Å². The Kier molecular flexibility index (Phi) is 5.30. The smallest absolute Gasteiger partial charge is 0.227 e. The van der Waals surface area contributed by atoms with Gasteiger partial charge in [-0.05, 0) is 26.0 Å². The molecule has 0 bridgehead atoms. The second kappa shape index (κ2) is 7.62. The van der Waals surface area contributed by atoms with Crippen LogP contribution in [0, 0.1) is 13.8 Å². The molecule has 1 aliphatic rings. The van der Waals surface area contributed by atoms with E-state index in [1.165, 1.54) is 11.1 Å². The summed E-state index contributed by atoms with van der Waals surface area (Å²) in [5, 5.41) is 3.43. The number of hydrogen-bond donors (Lipinski definition) is 1. The van der Waals surface area contributed by atoms with Crippen molar-refractivity contribution in [1.82, 2.24) is 14.9 Å². The fraction of sp³-hybridized carbons (Fsp3) is 0.474. The first kappa shape index (κ1) is 16.7. The van der Waals surface area contributed by atoms with Crippen molar-refractivity contribution in [3.05, 3.63) is 47.2 Å². The van der Waals surface area contributed by atoms with Gasteiger partial charge in [-0.15, -0.1) is 0 Å². The summed E-state index contributed by atoms with van der Waals surface area (Å²) < 4.78 is 0. The molecular formula is C19H27N5. The highest BCUT2D eigenvalue weighted by molar-refractivity contribution is 5.44. The third-order valence-corrected chi connectivity index (χ3v) is 4.54. The van der Waals surface area contributed by atoms with E-state index in [0.29, 0.717) is 0 Å². The standard InChI is InChI=1S/C19H27N5/c1-4-23-9-11-24(12-10-23)19-21-16(3)13-18(22-19)20-14-17-7-5-15(2)6-8-17/h5-8,13H,4,9-12,14H2,1-3H3,(H,20,21,22). The van der Waals surface area contributed by atoms with Gasteiger partial charge in [0.25, 0.3) is 0 Å². The van der Waals surface area contributed by atoms with Crippen LogP contribution in [0.3, 0.4) is 0 Å². The van der Waals surface area contributed by atoms with Gasteiger partial charge in [-0.3, -0.25) is 0 Å². The molecule has 0 radical (unpaired) electrons. The summed E-state index contributed by atoms with van der Waals surface area (Å²) in [5.41, 5.74) is 3.55. The van der Waals surface area contributed by atoms with Gasteiger partial charge in [0.05, 0.1) is 0 Å². The third-order valence-electron chi connectivity index (χ3n) is 4.54. The van der Waals surface area contributed by atoms with E-state index in [1.807, 2.05) is 13.0 Å². The minimum absolute atomic E-state index is 0.778. The lowest BCUT2D eigenvalue weighted by molar-refractivity contribution is 0.270. The van der Waals surface area contributed by atoms with E-state index in [4.69, 9.17) is 4.98 Å². The van der Waals surface area contributed by atoms with Crippen LogP contribution < -0.4 is 10.2 Å². The van der Waals surface area contributed by atoms with Crippen LogP contribution in [0.4, 0.5) is 11.8 Å². The topological polar surface area (TPSA) is 44.3 Å². The monoisotopic (exact) mass is 325 g/mol. The van der Waals surface area contributed by atoms with Crippen molar-refractivity contribution in [2.45, 2.75) is 27.3 Å². The largest absolute Gasteiger partial charge is 0.366 e. The molecule has 1 aromatic carbocycles. The predicted molar refractivity (Wildman–Crippen MR) is 99.6 cm³/mol. The first-order valence-corrected chi connectivity index (χ1v) is 8.76. The zero-order chi connectivity index (χ0) is 16.9. The van der Waals surface area contributed by atoms with Gasteiger partial charge in [0.2, 0.25) is 5.95 Å². The van der Waals surface area contributed by atoms with Crippen molar-refractivity contribution in [2.24, 2.45) is 0 Å². The van der Waals surface area contributed by atoms with Gasteiger partial charge in [0, 0.05) is 44.5 Å². The molecule has 5 heteroatoms. The van der Waals surface area contributed by atoms with Crippen molar-refractivity contribution in [3.8, 4) is 0 Å². The lowest BCUT2D eigenvalue weighted by atomic mass is 10.1. The van der Waals surface area contributed by atoms with E-state index in [9.17, 15) is 0 Å². The Morgan fingerprint density at radius 3 is 2.38 bits per heavy atom. The van der Waals surface area contributed by atoms with Gasteiger partial charge in [-0.25, -0.2) is 4.98 Å². The molecule has 1 fully saturated rings. The first-order chi connectivity index (χ1) is 11.6. The molecule has 5 nitrogen and oxygen atoms in total. The number of nitrogens with zero attached hydrogens (tertiary/aromatic N) is 4. The molecule has 0 atom stereocenters. The average molecular weight is 325 g/mol. The van der Waals surface area contributed by atoms with Crippen LogP contribution in [-0.4, -0.2) is 47.6 Å². The molecule has 0 unspecified atom stereocenters. The number of nitrogens with one attached hydrogen (secondary N) is 1. The van der Waals surface area contributed by atoms with E-state index in [2.05, 4.69) is 58.2 Å². The zero-order valence-electron chi connectivity index (χ0n) is 14.9. The first-order valence-electron chi connectivity index (χ1n) is 8.76. The highest BCUT2D eigenvalue weighted by Gasteiger charge is 2.18. The molecule has 1 aliphatic heterocycles. The van der Waals surface area contributed by atoms with Gasteiger partial charge in [-0.1, -0.05) is 36.8 Å². The molecule has 0 amide bonds. The number of aryl methyl sites for hydroxylation is 2. The normalized spacial score (nSPS) is 15.5. The highest BCUT2D eigenvalue weighted by atomic mass is 15.3. The molecule has 2 heterocycles. The molecular weight excluding hydrogens is 298 g/mol. The Hall–Kier alpha value is -2.14. The van der Waals surface area contributed by atoms with E-state index in [0.717, 1.165) is 56.7 Å². The fourth-order valence-corrected chi connectivity index (χ4v) is 2.95. The van der Waals surface area contributed by atoms with E-state index >= 15 is 0 Å². The Morgan fingerprint density at radius 1 is 1.00 bits per heavy atom. The van der Waals surface area contributed by atoms with Crippen molar-refractivity contribution in [1.29, 1.82) is 0 Å². The van der Waals surface area contributed by atoms with Crippen molar-refractivity contribution in [3.63, 3.8) is 0 Å². The summed E-state index contributed by atoms with van der Waals surface area (Å²) in [6.45, 7) is 12.4. The van der Waals surface area contributed by atoms with Crippen molar-refractivity contribution in [2.75, 3.05) is 42.9 Å². The summed E-state index contributed by atoms with van der Waals surface area (Å²) >= 11 is 0. The van der Waals surface area contributed by atoms with E-state index < -0.39 is 0 Å². The minimum Gasteiger partial charge on any atom is -0.366 e. The van der Waals surface area contributed by atoms with Crippen LogP contribution in [0.1, 0.15) is 23.7 Å². The highest BCUT2D eigenvalue weighted by Crippen LogP contribution is 2.16. The number of benzene rings is 1. The quantitative estimate of drug-likeness (QED) is 0.916. The fourth-order valence-electron chi connectivity index (χ4n) is 2.95. The number of rotatable bonds is 5. The van der Waals surface area contributed by atoms with Gasteiger partial charge in [0.1, 0.15) is 5.82 Å². The zero-order valence-corrected chi connectivity index (χ0v) is 14.9. The molecule has 24 heavy (non-hydrogen) atoms. The molecule has 1 N–H and O–H groups in total. The van der Waals surface area contributed by atoms with Crippen LogP contribution in [0.2, 0.25) is 0 Å². The Bertz CT molecular complexity index is 660. The molecule has 0 saturated carbocycles. The molecule has 0 spiro atoms. The molecule has 128 valence electrons. The second-order valence-electron chi connectivity index (χ2n) is 6.46. The van der Waals surface area contributed by atoms with Crippen LogP contribution in [-0.2, 0) is 6.54 Å². The number of aromatic nitrogens is 2. The van der Waals surface area contributed by atoms with Crippen LogP contribution in [0.5, 0.6) is 0 Å². The summed E-state index contributed by atoms with van der Waals surface area (Å²) in [7, 11) is 0. The van der Waals surface area contributed by atoms with Gasteiger partial charge >= 0.3 is 0 Å². The van der Waals surface area contributed by atoms with Gasteiger partial charge < -0.3 is 15.1 Å². The second-order valence-corrected chi connectivity index (χ2v) is 6.46. The molecule has 0 aliphatic carbocycles. The SMILES string of the molecule is CCN1CCN(c2nc(C)cc(NCc3ccc(C)cc3)n2)CC1. The summed E-state index contributed by atoms with van der Waals surface area (Å²) in [6.07, 6.45) is 0. The van der Waals surface area contributed by atoms with Crippen molar-refractivity contribution < 1.29 is 0 Å². The molecule has 3 rings (SSSR count). The Labute approximate surface area is 144 Å². The number of anilines is 2. The number of piperazine rings is 1. The predicted octanol–water partition coefficient (Wildman–Crippen LogP) is 2.85. The Balaban J connectivity index is 1.66. The van der Waals surface area contributed by atoms with Crippen LogP contribution in [0.15, 0.2) is 30.3 Å². The van der Waals surface area contributed by atoms with E-state index in [-0.39, 0.29) is 0 Å². The summed E-state index contributed by atoms with van der Waals surface area (Å²) in [6, 6.07) is 10.6. The molecule has 2 aromatic rings. The summed E-state index contributed by atoms with van der Waals surface area (Å²) in [5.74, 6) is 1.74. The maximum atomic E-state index is 4.73. The van der Waals surface area contributed by atoms with E-state index in [1.54, 1.807) is 0 Å². The Morgan fingerprint density at radius 2 is 1.71 bits per heavy atom. The van der Waals surface area contributed by atoms with Crippen molar-refractivity contribution >= 4 is 11.8 Å². The molecule has 1 saturated heterocycles.